The number of amides is 1. The van der Waals surface area contributed by atoms with Crippen molar-refractivity contribution in [2.45, 2.75) is 103 Å². The molecule has 12 heteroatoms. The Morgan fingerprint density at radius 2 is 1.50 bits per heavy atom. The fraction of sp³-hybridized carbons (Fsp3) is 0.562. The van der Waals surface area contributed by atoms with Gasteiger partial charge in [-0.3, -0.25) is 14.3 Å². The zero-order chi connectivity index (χ0) is 32.3. The van der Waals surface area contributed by atoms with Crippen LogP contribution in [0.5, 0.6) is 11.5 Å². The molecule has 0 bridgehead atoms. The maximum Gasteiger partial charge on any atom is 0.422 e. The van der Waals surface area contributed by atoms with Crippen LogP contribution in [-0.4, -0.2) is 39.6 Å². The van der Waals surface area contributed by atoms with E-state index >= 15 is 0 Å². The van der Waals surface area contributed by atoms with E-state index in [4.69, 9.17) is 9.47 Å². The highest BCUT2D eigenvalue weighted by atomic mass is 31.2. The smallest absolute Gasteiger partial charge is 0.422 e. The Morgan fingerprint density at radius 1 is 0.886 bits per heavy atom. The number of nitrogens with zero attached hydrogens (tertiary/aromatic N) is 1. The number of aromatic nitrogens is 1. The van der Waals surface area contributed by atoms with Gasteiger partial charge in [-0.2, -0.15) is 13.2 Å². The van der Waals surface area contributed by atoms with Crippen LogP contribution in [0.3, 0.4) is 0 Å². The summed E-state index contributed by atoms with van der Waals surface area (Å²) in [4.78, 5) is 35.4. The Bertz CT molecular complexity index is 1190. The minimum Gasteiger partial charge on any atom is -0.487 e. The van der Waals surface area contributed by atoms with Crippen molar-refractivity contribution in [2.24, 2.45) is 0 Å². The lowest BCUT2D eigenvalue weighted by Crippen LogP contribution is -2.23. The number of ether oxygens (including phenoxy) is 2. The number of allylic oxidation sites excluding steroid dienone is 1. The Balaban J connectivity index is 1.83. The topological polar surface area (TPSA) is 118 Å². The molecule has 0 aliphatic heterocycles. The van der Waals surface area contributed by atoms with Gasteiger partial charge in [0.15, 0.2) is 6.61 Å². The van der Waals surface area contributed by atoms with Crippen LogP contribution in [0.15, 0.2) is 48.3 Å². The molecule has 0 saturated heterocycles. The fourth-order valence-corrected chi connectivity index (χ4v) is 4.97. The number of unbranched alkanes of at least 4 members (excludes halogenated alkanes) is 10. The second-order valence-corrected chi connectivity index (χ2v) is 12.7. The summed E-state index contributed by atoms with van der Waals surface area (Å²) in [6.45, 7) is 0.817. The van der Waals surface area contributed by atoms with Crippen LogP contribution < -0.4 is 14.8 Å². The summed E-state index contributed by atoms with van der Waals surface area (Å²) in [6.07, 6.45) is 11.5. The lowest BCUT2D eigenvalue weighted by molar-refractivity contribution is -0.153. The van der Waals surface area contributed by atoms with Crippen molar-refractivity contribution in [3.63, 3.8) is 0 Å². The summed E-state index contributed by atoms with van der Waals surface area (Å²) in [5, 5.41) is 2.82. The summed E-state index contributed by atoms with van der Waals surface area (Å²) in [6, 6.07) is 9.48. The first-order valence-corrected chi connectivity index (χ1v) is 17.2. The normalized spacial score (nSPS) is 12.3. The molecule has 0 fully saturated rings. The van der Waals surface area contributed by atoms with E-state index in [1.165, 1.54) is 69.7 Å². The maximum atomic E-state index is 12.6. The number of hydrogen-bond acceptors (Lipinski definition) is 5. The molecule has 44 heavy (non-hydrogen) atoms. The molecular weight excluding hydrogens is 596 g/mol. The zero-order valence-corrected chi connectivity index (χ0v) is 26.4. The third-order valence-corrected chi connectivity index (χ3v) is 7.58. The number of hydrogen-bond donors (Lipinski definition) is 3. The summed E-state index contributed by atoms with van der Waals surface area (Å²) in [7, 11) is -4.26. The van der Waals surface area contributed by atoms with Crippen LogP contribution in [0.25, 0.3) is 6.08 Å². The first kappa shape index (κ1) is 37.3. The molecular formula is C32H46F3N2O6P. The molecule has 1 aromatic heterocycles. The Labute approximate surface area is 258 Å². The van der Waals surface area contributed by atoms with Gasteiger partial charge in [-0.25, -0.2) is 0 Å². The molecule has 2 aromatic rings. The van der Waals surface area contributed by atoms with Crippen LogP contribution >= 0.6 is 7.60 Å². The van der Waals surface area contributed by atoms with Gasteiger partial charge in [-0.1, -0.05) is 83.3 Å². The molecule has 1 heterocycles. The third-order valence-electron chi connectivity index (χ3n) is 6.78. The predicted molar refractivity (Wildman–Crippen MR) is 165 cm³/mol. The second-order valence-electron chi connectivity index (χ2n) is 10.9. The van der Waals surface area contributed by atoms with Crippen LogP contribution in [-0.2, 0) is 16.0 Å². The minimum absolute atomic E-state index is 0.00104. The van der Waals surface area contributed by atoms with Crippen molar-refractivity contribution in [3.05, 3.63) is 59.5 Å². The van der Waals surface area contributed by atoms with E-state index in [9.17, 15) is 32.3 Å². The van der Waals surface area contributed by atoms with Gasteiger partial charge in [0.1, 0.15) is 18.1 Å². The first-order valence-electron chi connectivity index (χ1n) is 15.4. The quantitative estimate of drug-likeness (QED) is 0.0873. The number of carbonyl (C=O) groups excluding carboxylic acids is 1. The van der Waals surface area contributed by atoms with Gasteiger partial charge in [0.2, 0.25) is 5.91 Å². The van der Waals surface area contributed by atoms with Crippen molar-refractivity contribution in [1.82, 2.24) is 10.3 Å². The van der Waals surface area contributed by atoms with Crippen LogP contribution in [0.4, 0.5) is 13.2 Å². The van der Waals surface area contributed by atoms with Gasteiger partial charge < -0.3 is 24.6 Å². The molecule has 2 rings (SSSR count). The van der Waals surface area contributed by atoms with Gasteiger partial charge in [0.05, 0.1) is 11.9 Å². The van der Waals surface area contributed by atoms with Crippen molar-refractivity contribution in [2.75, 3.05) is 12.8 Å². The largest absolute Gasteiger partial charge is 0.487 e. The Hall–Kier alpha value is -2.88. The highest BCUT2D eigenvalue weighted by Gasteiger charge is 2.28. The first-order chi connectivity index (χ1) is 20.9. The molecule has 1 aromatic carbocycles. The number of benzene rings is 1. The molecule has 0 spiro atoms. The molecule has 1 amide bonds. The SMILES string of the molecule is CCCCCCCCCCCCCC(=O)N/C(=C/c1ccc(OCc2cc(OCC(F)(F)F)ccn2)cc1)CCP(=O)(O)O. The van der Waals surface area contributed by atoms with Crippen LogP contribution in [0.2, 0.25) is 0 Å². The summed E-state index contributed by atoms with van der Waals surface area (Å²) >= 11 is 0. The van der Waals surface area contributed by atoms with Crippen LogP contribution in [0, 0.1) is 0 Å². The molecule has 0 unspecified atom stereocenters. The fourth-order valence-electron chi connectivity index (χ4n) is 4.44. The molecule has 3 N–H and O–H groups in total. The van der Waals surface area contributed by atoms with E-state index in [2.05, 4.69) is 17.2 Å². The van der Waals surface area contributed by atoms with E-state index in [0.29, 0.717) is 29.1 Å². The molecule has 0 aliphatic carbocycles. The summed E-state index contributed by atoms with van der Waals surface area (Å²) in [5.74, 6) is 0.319. The highest BCUT2D eigenvalue weighted by Crippen LogP contribution is 2.36. The van der Waals surface area contributed by atoms with Crippen molar-refractivity contribution in [1.29, 1.82) is 0 Å². The average Bonchev–Trinajstić information content (AvgIpc) is 2.97. The number of nitrogens with one attached hydrogen (secondary N) is 1. The molecule has 246 valence electrons. The predicted octanol–water partition coefficient (Wildman–Crippen LogP) is 8.33. The zero-order valence-electron chi connectivity index (χ0n) is 25.5. The van der Waals surface area contributed by atoms with Crippen LogP contribution in [0.1, 0.15) is 102 Å². The summed E-state index contributed by atoms with van der Waals surface area (Å²) < 4.78 is 59.1. The molecule has 0 aliphatic rings. The average molecular weight is 643 g/mol. The van der Waals surface area contributed by atoms with E-state index in [1.807, 2.05) is 0 Å². The lowest BCUT2D eigenvalue weighted by atomic mass is 10.1. The van der Waals surface area contributed by atoms with Gasteiger partial charge in [0.25, 0.3) is 0 Å². The van der Waals surface area contributed by atoms with E-state index in [-0.39, 0.29) is 24.7 Å². The molecule has 0 atom stereocenters. The standard InChI is InChI=1S/C32H46F3N2O6P/c1-2-3-4-5-6-7-8-9-10-11-12-13-31(38)37-27(19-21-44(39,40)41)22-26-14-16-29(17-15-26)42-24-28-23-30(18-20-36-28)43-25-32(33,34)35/h14-18,20,22-23H,2-13,19,21,24-25H2,1H3,(H,37,38)(H2,39,40,41)/b27-22+. The second kappa shape index (κ2) is 20.2. The molecule has 8 nitrogen and oxygen atoms in total. The Kier molecular flexibility index (Phi) is 17.1. The number of carbonyl (C=O) groups is 1. The number of rotatable bonds is 22. The number of halogens is 3. The van der Waals surface area contributed by atoms with Crippen molar-refractivity contribution >= 4 is 19.6 Å². The number of pyridine rings is 1. The van der Waals surface area contributed by atoms with Crippen molar-refractivity contribution < 1.29 is 41.8 Å². The van der Waals surface area contributed by atoms with Gasteiger partial charge >= 0.3 is 13.8 Å². The van der Waals surface area contributed by atoms with Gasteiger partial charge in [-0.15, -0.1) is 0 Å². The molecule has 0 saturated carbocycles. The maximum absolute atomic E-state index is 12.6. The summed E-state index contributed by atoms with van der Waals surface area (Å²) in [5.41, 5.74) is 1.48. The number of alkyl halides is 3. The highest BCUT2D eigenvalue weighted by molar-refractivity contribution is 7.51. The Morgan fingerprint density at radius 3 is 2.09 bits per heavy atom. The van der Waals surface area contributed by atoms with Crippen molar-refractivity contribution in [3.8, 4) is 11.5 Å². The minimum atomic E-state index is -4.44. The molecule has 0 radical (unpaired) electrons. The van der Waals surface area contributed by atoms with Gasteiger partial charge in [-0.05, 0) is 42.7 Å². The van der Waals surface area contributed by atoms with E-state index in [1.54, 1.807) is 30.3 Å². The monoisotopic (exact) mass is 642 g/mol. The third kappa shape index (κ3) is 18.7. The van der Waals surface area contributed by atoms with E-state index < -0.39 is 26.5 Å². The van der Waals surface area contributed by atoms with E-state index in [0.717, 1.165) is 19.3 Å². The lowest BCUT2D eigenvalue weighted by Gasteiger charge is -2.12. The van der Waals surface area contributed by atoms with Gasteiger partial charge in [0, 0.05) is 24.4 Å².